The zero-order valence-electron chi connectivity index (χ0n) is 19.6. The van der Waals surface area contributed by atoms with Gasteiger partial charge in [0.1, 0.15) is 11.6 Å². The first-order valence-corrected chi connectivity index (χ1v) is 12.5. The lowest BCUT2D eigenvalue weighted by Crippen LogP contribution is -2.59. The Morgan fingerprint density at radius 3 is 2.56 bits per heavy atom. The van der Waals surface area contributed by atoms with E-state index in [2.05, 4.69) is 22.5 Å². The summed E-state index contributed by atoms with van der Waals surface area (Å²) in [4.78, 5) is 43.1. The van der Waals surface area contributed by atoms with E-state index in [1.165, 1.54) is 4.90 Å². The number of carboxylic acid groups (broad SMARTS) is 1. The molecular formula is C25H31BrN2O6. The molecule has 2 bridgehead atoms. The van der Waals surface area contributed by atoms with Crippen molar-refractivity contribution in [2.24, 2.45) is 11.8 Å². The SMILES string of the molecule is C=CCN(C(=O)C1N([C@@H](CC)CO)C(=O)[C@@H]2[C@H](C(=O)O)[C@H]3OC12CC3Br)c1c(C)cccc1C. The van der Waals surface area contributed by atoms with Crippen LogP contribution >= 0.6 is 15.9 Å². The largest absolute Gasteiger partial charge is 0.481 e. The molecule has 8 nitrogen and oxygen atoms in total. The molecule has 0 aliphatic carbocycles. The number of carboxylic acids is 1. The Morgan fingerprint density at radius 2 is 2.03 bits per heavy atom. The third-order valence-corrected chi connectivity index (χ3v) is 8.45. The number of hydrogen-bond acceptors (Lipinski definition) is 5. The smallest absolute Gasteiger partial charge is 0.310 e. The van der Waals surface area contributed by atoms with Crippen molar-refractivity contribution in [2.45, 2.75) is 62.2 Å². The summed E-state index contributed by atoms with van der Waals surface area (Å²) in [6.45, 7) is 9.36. The Bertz CT molecular complexity index is 1010. The highest BCUT2D eigenvalue weighted by Crippen LogP contribution is 2.60. The summed E-state index contributed by atoms with van der Waals surface area (Å²) < 4.78 is 6.32. The molecule has 2 amide bonds. The van der Waals surface area contributed by atoms with E-state index in [1.807, 2.05) is 39.0 Å². The van der Waals surface area contributed by atoms with Crippen LogP contribution in [-0.4, -0.2) is 74.7 Å². The van der Waals surface area contributed by atoms with Gasteiger partial charge < -0.3 is 24.7 Å². The van der Waals surface area contributed by atoms with Crippen molar-refractivity contribution in [1.29, 1.82) is 0 Å². The number of amides is 2. The molecule has 3 aliphatic heterocycles. The quantitative estimate of drug-likeness (QED) is 0.391. The molecule has 4 rings (SSSR count). The summed E-state index contributed by atoms with van der Waals surface area (Å²) in [5.74, 6) is -3.95. The predicted octanol–water partition coefficient (Wildman–Crippen LogP) is 2.43. The Kier molecular flexibility index (Phi) is 6.65. The average molecular weight is 535 g/mol. The summed E-state index contributed by atoms with van der Waals surface area (Å²) in [7, 11) is 0. The number of nitrogens with zero attached hydrogens (tertiary/aromatic N) is 2. The van der Waals surface area contributed by atoms with Gasteiger partial charge in [0.05, 0.1) is 30.6 Å². The molecule has 3 fully saturated rings. The highest BCUT2D eigenvalue weighted by molar-refractivity contribution is 9.09. The minimum Gasteiger partial charge on any atom is -0.481 e. The second kappa shape index (κ2) is 9.09. The van der Waals surface area contributed by atoms with Gasteiger partial charge in [-0.3, -0.25) is 14.4 Å². The Morgan fingerprint density at radius 1 is 1.38 bits per heavy atom. The summed E-state index contributed by atoms with van der Waals surface area (Å²) in [6.07, 6.45) is 1.68. The molecule has 0 aromatic heterocycles. The van der Waals surface area contributed by atoms with Crippen LogP contribution in [-0.2, 0) is 19.1 Å². The van der Waals surface area contributed by atoms with Gasteiger partial charge in [-0.05, 0) is 37.8 Å². The number of rotatable bonds is 8. The lowest BCUT2D eigenvalue weighted by atomic mass is 9.70. The lowest BCUT2D eigenvalue weighted by molar-refractivity contribution is -0.150. The molecule has 184 valence electrons. The Balaban J connectivity index is 1.89. The third kappa shape index (κ3) is 3.43. The van der Waals surface area contributed by atoms with E-state index in [1.54, 1.807) is 11.0 Å². The van der Waals surface area contributed by atoms with Gasteiger partial charge >= 0.3 is 5.97 Å². The number of para-hydroxylation sites is 1. The first-order valence-electron chi connectivity index (χ1n) is 11.6. The van der Waals surface area contributed by atoms with Crippen LogP contribution in [0.2, 0.25) is 0 Å². The second-order valence-corrected chi connectivity index (χ2v) is 10.6. The standard InChI is InChI=1S/C25H31BrN2O6/c1-5-10-27(19-13(3)8-7-9-14(19)4)23(31)21-25-11-16(26)20(34-25)17(24(32)33)18(25)22(30)28(21)15(6-2)12-29/h5,7-9,15-18,20-21,29H,1,6,10-12H2,2-4H3,(H,32,33)/t15-,16?,17-,18-,20-,21?,25?/m0/s1. The number of aliphatic carboxylic acids is 1. The van der Waals surface area contributed by atoms with Crippen LogP contribution < -0.4 is 4.90 Å². The summed E-state index contributed by atoms with van der Waals surface area (Å²) >= 11 is 3.55. The molecule has 3 saturated heterocycles. The fraction of sp³-hybridized carbons (Fsp3) is 0.560. The van der Waals surface area contributed by atoms with E-state index in [0.29, 0.717) is 12.8 Å². The third-order valence-electron chi connectivity index (χ3n) is 7.61. The van der Waals surface area contributed by atoms with Crippen molar-refractivity contribution in [3.05, 3.63) is 42.0 Å². The molecule has 3 aliphatic rings. The number of benzene rings is 1. The normalized spacial score (nSPS) is 32.6. The molecule has 2 N–H and O–H groups in total. The molecule has 3 unspecified atom stereocenters. The summed E-state index contributed by atoms with van der Waals surface area (Å²) in [5, 5.41) is 20.1. The molecule has 0 radical (unpaired) electrons. The van der Waals surface area contributed by atoms with E-state index in [4.69, 9.17) is 4.74 Å². The van der Waals surface area contributed by atoms with Crippen LogP contribution in [0.3, 0.4) is 0 Å². The van der Waals surface area contributed by atoms with Gasteiger partial charge in [0.15, 0.2) is 0 Å². The fourth-order valence-electron chi connectivity index (χ4n) is 6.24. The number of carbonyl (C=O) groups is 3. The number of likely N-dealkylation sites (tertiary alicyclic amines) is 1. The van der Waals surface area contributed by atoms with Crippen LogP contribution in [0.4, 0.5) is 5.69 Å². The van der Waals surface area contributed by atoms with Crippen molar-refractivity contribution in [3.8, 4) is 0 Å². The fourth-order valence-corrected chi connectivity index (χ4v) is 7.18. The zero-order chi connectivity index (χ0) is 24.9. The van der Waals surface area contributed by atoms with E-state index >= 15 is 0 Å². The Labute approximate surface area is 207 Å². The number of aliphatic hydroxyl groups is 1. The summed E-state index contributed by atoms with van der Waals surface area (Å²) in [5.41, 5.74) is 1.24. The number of halogens is 1. The van der Waals surface area contributed by atoms with Crippen LogP contribution in [0.15, 0.2) is 30.9 Å². The molecule has 1 aromatic rings. The lowest BCUT2D eigenvalue weighted by Gasteiger charge is -2.39. The molecule has 9 heteroatoms. The van der Waals surface area contributed by atoms with Gasteiger partial charge in [0.2, 0.25) is 5.91 Å². The molecule has 1 aromatic carbocycles. The van der Waals surface area contributed by atoms with E-state index in [-0.39, 0.29) is 23.9 Å². The number of aryl methyl sites for hydroxylation is 2. The van der Waals surface area contributed by atoms with Crippen molar-refractivity contribution >= 4 is 39.4 Å². The number of ether oxygens (including phenoxy) is 1. The first-order chi connectivity index (χ1) is 16.1. The van der Waals surface area contributed by atoms with Crippen LogP contribution in [0.25, 0.3) is 0 Å². The van der Waals surface area contributed by atoms with Gasteiger partial charge in [-0.1, -0.05) is 47.1 Å². The van der Waals surface area contributed by atoms with Crippen LogP contribution in [0, 0.1) is 25.7 Å². The number of aliphatic hydroxyl groups excluding tert-OH is 1. The maximum absolute atomic E-state index is 14.4. The highest BCUT2D eigenvalue weighted by atomic mass is 79.9. The highest BCUT2D eigenvalue weighted by Gasteiger charge is 2.77. The van der Waals surface area contributed by atoms with E-state index < -0.39 is 47.5 Å². The molecule has 3 heterocycles. The predicted molar refractivity (Wildman–Crippen MR) is 130 cm³/mol. The molecular weight excluding hydrogens is 504 g/mol. The van der Waals surface area contributed by atoms with Crippen molar-refractivity contribution in [1.82, 2.24) is 4.90 Å². The molecule has 7 atom stereocenters. The molecule has 1 spiro atoms. The Hall–Kier alpha value is -2.23. The number of hydrogen-bond donors (Lipinski definition) is 2. The number of anilines is 1. The summed E-state index contributed by atoms with van der Waals surface area (Å²) in [6, 6.07) is 4.06. The van der Waals surface area contributed by atoms with E-state index in [9.17, 15) is 24.6 Å². The van der Waals surface area contributed by atoms with Crippen molar-refractivity contribution in [2.75, 3.05) is 18.1 Å². The number of fused-ring (bicyclic) bond motifs is 1. The van der Waals surface area contributed by atoms with Gasteiger partial charge in [-0.2, -0.15) is 0 Å². The van der Waals surface area contributed by atoms with Crippen LogP contribution in [0.1, 0.15) is 30.9 Å². The van der Waals surface area contributed by atoms with Gasteiger partial charge in [0.25, 0.3) is 5.91 Å². The van der Waals surface area contributed by atoms with Crippen molar-refractivity contribution in [3.63, 3.8) is 0 Å². The molecule has 0 saturated carbocycles. The topological polar surface area (TPSA) is 107 Å². The monoisotopic (exact) mass is 534 g/mol. The van der Waals surface area contributed by atoms with Gasteiger partial charge in [0, 0.05) is 17.1 Å². The maximum atomic E-state index is 14.4. The number of alkyl halides is 1. The zero-order valence-corrected chi connectivity index (χ0v) is 21.2. The maximum Gasteiger partial charge on any atom is 0.310 e. The van der Waals surface area contributed by atoms with Crippen molar-refractivity contribution < 1.29 is 29.3 Å². The first kappa shape index (κ1) is 24.9. The van der Waals surface area contributed by atoms with Gasteiger partial charge in [-0.25, -0.2) is 0 Å². The second-order valence-electron chi connectivity index (χ2n) is 9.47. The average Bonchev–Trinajstić information content (AvgIpc) is 3.37. The van der Waals surface area contributed by atoms with E-state index in [0.717, 1.165) is 16.8 Å². The minimum atomic E-state index is -1.28. The van der Waals surface area contributed by atoms with Gasteiger partial charge in [-0.15, -0.1) is 6.58 Å². The van der Waals surface area contributed by atoms with Crippen LogP contribution in [0.5, 0.6) is 0 Å². The number of carbonyl (C=O) groups excluding carboxylic acids is 2. The minimum absolute atomic E-state index is 0.212. The molecule has 34 heavy (non-hydrogen) atoms.